The van der Waals surface area contributed by atoms with Crippen LogP contribution in [0.15, 0.2) is 53.6 Å². The van der Waals surface area contributed by atoms with Crippen molar-refractivity contribution < 1.29 is 27.1 Å². The van der Waals surface area contributed by atoms with Gasteiger partial charge in [0.25, 0.3) is 5.56 Å². The Hall–Kier alpha value is -3.43. The van der Waals surface area contributed by atoms with E-state index in [2.05, 4.69) is 15.0 Å². The predicted octanol–water partition coefficient (Wildman–Crippen LogP) is 3.07. The normalized spacial score (nSPS) is 11.4. The zero-order valence-corrected chi connectivity index (χ0v) is 13.5. The molecule has 0 fully saturated rings. The number of halogens is 4. The van der Waals surface area contributed by atoms with Crippen LogP contribution >= 0.6 is 0 Å². The van der Waals surface area contributed by atoms with Gasteiger partial charge in [-0.2, -0.15) is 0 Å². The molecule has 3 rings (SSSR count). The van der Waals surface area contributed by atoms with Crippen LogP contribution in [0.1, 0.15) is 0 Å². The Morgan fingerprint density at radius 2 is 1.85 bits per heavy atom. The van der Waals surface area contributed by atoms with Crippen LogP contribution in [-0.2, 0) is 11.3 Å². The summed E-state index contributed by atoms with van der Waals surface area (Å²) in [5.74, 6) is -1.65. The number of hydrogen-bond donors (Lipinski definition) is 1. The lowest BCUT2D eigenvalue weighted by atomic mass is 10.2. The summed E-state index contributed by atoms with van der Waals surface area (Å²) in [5, 5.41) is 2.46. The van der Waals surface area contributed by atoms with E-state index in [9.17, 15) is 27.2 Å². The van der Waals surface area contributed by atoms with Crippen molar-refractivity contribution in [2.24, 2.45) is 0 Å². The molecule has 10 heteroatoms. The minimum atomic E-state index is -4.81. The lowest BCUT2D eigenvalue weighted by Gasteiger charge is -2.10. The minimum Gasteiger partial charge on any atom is -0.406 e. The summed E-state index contributed by atoms with van der Waals surface area (Å²) in [4.78, 5) is 28.3. The maximum atomic E-state index is 13.3. The summed E-state index contributed by atoms with van der Waals surface area (Å²) >= 11 is 0. The molecule has 0 aliphatic rings. The Morgan fingerprint density at radius 3 is 2.52 bits per heavy atom. The van der Waals surface area contributed by atoms with Crippen molar-refractivity contribution >= 4 is 22.5 Å². The molecular formula is C17H11F4N3O3. The highest BCUT2D eigenvalue weighted by Gasteiger charge is 2.30. The number of carbonyl (C=O) groups excluding carboxylic acids is 1. The molecule has 0 aliphatic heterocycles. The molecule has 0 saturated heterocycles. The largest absolute Gasteiger partial charge is 0.573 e. The molecule has 140 valence electrons. The molecule has 1 heterocycles. The zero-order chi connectivity index (χ0) is 19.6. The summed E-state index contributed by atoms with van der Waals surface area (Å²) in [6, 6.07) is 8.05. The van der Waals surface area contributed by atoms with E-state index in [1.54, 1.807) is 0 Å². The topological polar surface area (TPSA) is 73.2 Å². The SMILES string of the molecule is O=C(Cn1cnc2ccc(F)cc2c1=O)Nc1ccc(OC(F)(F)F)cc1. The number of alkyl halides is 3. The number of carbonyl (C=O) groups is 1. The number of amides is 1. The molecule has 0 aliphatic carbocycles. The van der Waals surface area contributed by atoms with Crippen LogP contribution in [0.25, 0.3) is 10.9 Å². The van der Waals surface area contributed by atoms with E-state index in [0.717, 1.165) is 35.2 Å². The number of anilines is 1. The molecule has 1 aromatic heterocycles. The summed E-state index contributed by atoms with van der Waals surface area (Å²) in [6.07, 6.45) is -3.66. The van der Waals surface area contributed by atoms with Gasteiger partial charge in [0.1, 0.15) is 18.1 Å². The van der Waals surface area contributed by atoms with E-state index in [0.29, 0.717) is 5.52 Å². The Kier molecular flexibility index (Phi) is 4.80. The molecule has 0 atom stereocenters. The van der Waals surface area contributed by atoms with Gasteiger partial charge < -0.3 is 10.1 Å². The number of aromatic nitrogens is 2. The van der Waals surface area contributed by atoms with E-state index in [1.807, 2.05) is 0 Å². The fourth-order valence-corrected chi connectivity index (χ4v) is 2.34. The van der Waals surface area contributed by atoms with Crippen molar-refractivity contribution in [3.63, 3.8) is 0 Å². The number of nitrogens with zero attached hydrogens (tertiary/aromatic N) is 2. The third-order valence-corrected chi connectivity index (χ3v) is 3.47. The predicted molar refractivity (Wildman–Crippen MR) is 87.7 cm³/mol. The molecule has 1 N–H and O–H groups in total. The van der Waals surface area contributed by atoms with Gasteiger partial charge in [0.15, 0.2) is 0 Å². The zero-order valence-electron chi connectivity index (χ0n) is 13.5. The summed E-state index contributed by atoms with van der Waals surface area (Å²) in [7, 11) is 0. The monoisotopic (exact) mass is 381 g/mol. The van der Waals surface area contributed by atoms with Crippen molar-refractivity contribution in [1.82, 2.24) is 9.55 Å². The highest BCUT2D eigenvalue weighted by molar-refractivity contribution is 5.90. The number of hydrogen-bond acceptors (Lipinski definition) is 4. The standard InChI is InChI=1S/C17H11F4N3O3/c18-10-1-6-14-13(7-10)16(26)24(9-22-14)8-15(25)23-11-2-4-12(5-3-11)27-17(19,20)21/h1-7,9H,8H2,(H,23,25). The van der Waals surface area contributed by atoms with E-state index in [-0.39, 0.29) is 11.1 Å². The first-order chi connectivity index (χ1) is 12.7. The summed E-state index contributed by atoms with van der Waals surface area (Å²) in [5.41, 5.74) is -0.0933. The fourth-order valence-electron chi connectivity index (χ4n) is 2.34. The number of rotatable bonds is 4. The molecule has 2 aromatic carbocycles. The van der Waals surface area contributed by atoms with Crippen LogP contribution in [-0.4, -0.2) is 21.8 Å². The molecule has 0 spiro atoms. The van der Waals surface area contributed by atoms with Gasteiger partial charge in [0.2, 0.25) is 5.91 Å². The average molecular weight is 381 g/mol. The van der Waals surface area contributed by atoms with Gasteiger partial charge in [-0.3, -0.25) is 14.2 Å². The van der Waals surface area contributed by atoms with Crippen molar-refractivity contribution in [3.05, 3.63) is 65.0 Å². The molecule has 6 nitrogen and oxygen atoms in total. The van der Waals surface area contributed by atoms with Gasteiger partial charge in [0, 0.05) is 5.69 Å². The third kappa shape index (κ3) is 4.60. The Labute approximate surface area is 149 Å². The second-order valence-electron chi connectivity index (χ2n) is 5.46. The number of benzene rings is 2. The molecule has 0 unspecified atom stereocenters. The van der Waals surface area contributed by atoms with Crippen molar-refractivity contribution in [3.8, 4) is 5.75 Å². The highest BCUT2D eigenvalue weighted by Crippen LogP contribution is 2.23. The first-order valence-corrected chi connectivity index (χ1v) is 7.52. The Morgan fingerprint density at radius 1 is 1.15 bits per heavy atom. The summed E-state index contributed by atoms with van der Waals surface area (Å²) in [6.45, 7) is -0.404. The lowest BCUT2D eigenvalue weighted by molar-refractivity contribution is -0.274. The van der Waals surface area contributed by atoms with E-state index in [4.69, 9.17) is 0 Å². The Bertz CT molecular complexity index is 1050. The van der Waals surface area contributed by atoms with Gasteiger partial charge in [-0.1, -0.05) is 0 Å². The number of nitrogens with one attached hydrogen (secondary N) is 1. The van der Waals surface area contributed by atoms with Gasteiger partial charge in [-0.05, 0) is 42.5 Å². The average Bonchev–Trinajstić information content (AvgIpc) is 2.58. The van der Waals surface area contributed by atoms with Gasteiger partial charge in [-0.25, -0.2) is 9.37 Å². The number of ether oxygens (including phenoxy) is 1. The molecule has 1 amide bonds. The van der Waals surface area contributed by atoms with Crippen LogP contribution in [0.4, 0.5) is 23.2 Å². The molecule has 0 saturated carbocycles. The quantitative estimate of drug-likeness (QED) is 0.705. The molecule has 3 aromatic rings. The van der Waals surface area contributed by atoms with Crippen LogP contribution < -0.4 is 15.6 Å². The third-order valence-electron chi connectivity index (χ3n) is 3.47. The van der Waals surface area contributed by atoms with Crippen LogP contribution in [0.2, 0.25) is 0 Å². The first-order valence-electron chi connectivity index (χ1n) is 7.52. The first kappa shape index (κ1) is 18.4. The highest BCUT2D eigenvalue weighted by atomic mass is 19.4. The lowest BCUT2D eigenvalue weighted by Crippen LogP contribution is -2.28. The maximum Gasteiger partial charge on any atom is 0.573 e. The van der Waals surface area contributed by atoms with E-state index < -0.39 is 35.9 Å². The van der Waals surface area contributed by atoms with E-state index in [1.165, 1.54) is 18.2 Å². The minimum absolute atomic E-state index is 0.0268. The van der Waals surface area contributed by atoms with Gasteiger partial charge in [-0.15, -0.1) is 13.2 Å². The number of fused-ring (bicyclic) bond motifs is 1. The molecule has 0 bridgehead atoms. The van der Waals surface area contributed by atoms with Crippen molar-refractivity contribution in [2.45, 2.75) is 12.9 Å². The van der Waals surface area contributed by atoms with Crippen LogP contribution in [0.5, 0.6) is 5.75 Å². The Balaban J connectivity index is 1.72. The fraction of sp³-hybridized carbons (Fsp3) is 0.118. The van der Waals surface area contributed by atoms with Crippen molar-refractivity contribution in [1.29, 1.82) is 0 Å². The van der Waals surface area contributed by atoms with Crippen molar-refractivity contribution in [2.75, 3.05) is 5.32 Å². The smallest absolute Gasteiger partial charge is 0.406 e. The van der Waals surface area contributed by atoms with E-state index >= 15 is 0 Å². The summed E-state index contributed by atoms with van der Waals surface area (Å²) < 4.78 is 54.4. The maximum absolute atomic E-state index is 13.3. The molecule has 27 heavy (non-hydrogen) atoms. The second-order valence-corrected chi connectivity index (χ2v) is 5.46. The van der Waals surface area contributed by atoms with Crippen LogP contribution in [0.3, 0.4) is 0 Å². The van der Waals surface area contributed by atoms with Gasteiger partial charge in [0.05, 0.1) is 17.2 Å². The molecular weight excluding hydrogens is 370 g/mol. The van der Waals surface area contributed by atoms with Crippen LogP contribution in [0, 0.1) is 5.82 Å². The van der Waals surface area contributed by atoms with Gasteiger partial charge >= 0.3 is 6.36 Å². The second kappa shape index (κ2) is 7.06. The molecule has 0 radical (unpaired) electrons.